The van der Waals surface area contributed by atoms with Crippen LogP contribution in [0.5, 0.6) is 5.75 Å². The predicted molar refractivity (Wildman–Crippen MR) is 98.1 cm³/mol. The summed E-state index contributed by atoms with van der Waals surface area (Å²) in [5.74, 6) is 0.621. The van der Waals surface area contributed by atoms with Crippen molar-refractivity contribution < 1.29 is 9.53 Å². The van der Waals surface area contributed by atoms with E-state index in [2.05, 4.69) is 5.32 Å². The molecule has 0 fully saturated rings. The van der Waals surface area contributed by atoms with Gasteiger partial charge in [0.1, 0.15) is 12.4 Å². The Morgan fingerprint density at radius 3 is 2.54 bits per heavy atom. The molecule has 2 rings (SSSR count). The van der Waals surface area contributed by atoms with Crippen molar-refractivity contribution in [3.8, 4) is 5.75 Å². The Labute approximate surface area is 152 Å². The molecule has 2 amide bonds. The number of nitrogens with one attached hydrogen (secondary N) is 1. The molecule has 0 spiro atoms. The maximum atomic E-state index is 12.0. The van der Waals surface area contributed by atoms with Crippen LogP contribution in [0.1, 0.15) is 5.56 Å². The highest BCUT2D eigenvalue weighted by atomic mass is 35.5. The lowest BCUT2D eigenvalue weighted by atomic mass is 10.1. The van der Waals surface area contributed by atoms with Crippen LogP contribution in [0, 0.1) is 0 Å². The van der Waals surface area contributed by atoms with E-state index < -0.39 is 0 Å². The minimum atomic E-state index is -0.133. The van der Waals surface area contributed by atoms with E-state index in [9.17, 15) is 4.79 Å². The lowest BCUT2D eigenvalue weighted by molar-refractivity contribution is 0.195. The molecule has 6 heteroatoms. The number of hydrogen-bond donors (Lipinski definition) is 1. The van der Waals surface area contributed by atoms with E-state index >= 15 is 0 Å². The summed E-state index contributed by atoms with van der Waals surface area (Å²) in [4.78, 5) is 13.6. The van der Waals surface area contributed by atoms with Gasteiger partial charge in [0.2, 0.25) is 0 Å². The van der Waals surface area contributed by atoms with Gasteiger partial charge in [0.05, 0.1) is 11.6 Å². The zero-order valence-corrected chi connectivity index (χ0v) is 15.0. The smallest absolute Gasteiger partial charge is 0.317 e. The molecular weight excluding hydrogens is 347 g/mol. The molecule has 1 N–H and O–H groups in total. The molecule has 0 aromatic heterocycles. The number of hydrogen-bond acceptors (Lipinski definition) is 2. The quantitative estimate of drug-likeness (QED) is 0.795. The van der Waals surface area contributed by atoms with Crippen molar-refractivity contribution in [3.05, 3.63) is 64.1 Å². The van der Waals surface area contributed by atoms with E-state index in [1.165, 1.54) is 0 Å². The second kappa shape index (κ2) is 9.40. The van der Waals surface area contributed by atoms with Gasteiger partial charge in [0, 0.05) is 18.6 Å². The Hall–Kier alpha value is -1.91. The molecule has 0 radical (unpaired) electrons. The average Bonchev–Trinajstić information content (AvgIpc) is 2.58. The van der Waals surface area contributed by atoms with Crippen LogP contribution < -0.4 is 10.1 Å². The molecule has 24 heavy (non-hydrogen) atoms. The third-order valence-electron chi connectivity index (χ3n) is 3.47. The minimum Gasteiger partial charge on any atom is -0.490 e. The highest BCUT2D eigenvalue weighted by Crippen LogP contribution is 2.22. The summed E-state index contributed by atoms with van der Waals surface area (Å²) in [6, 6.07) is 14.7. The van der Waals surface area contributed by atoms with E-state index in [0.29, 0.717) is 35.5 Å². The second-order valence-electron chi connectivity index (χ2n) is 5.31. The number of benzene rings is 2. The Morgan fingerprint density at radius 1 is 1.12 bits per heavy atom. The van der Waals surface area contributed by atoms with E-state index in [1.54, 1.807) is 24.1 Å². The summed E-state index contributed by atoms with van der Waals surface area (Å²) in [6.07, 6.45) is 0.757. The topological polar surface area (TPSA) is 41.6 Å². The molecule has 4 nitrogen and oxygen atoms in total. The fourth-order valence-corrected chi connectivity index (χ4v) is 2.37. The number of amides is 2. The van der Waals surface area contributed by atoms with Crippen molar-refractivity contribution in [1.82, 2.24) is 10.2 Å². The minimum absolute atomic E-state index is 0.133. The van der Waals surface area contributed by atoms with Crippen LogP contribution >= 0.6 is 23.2 Å². The summed E-state index contributed by atoms with van der Waals surface area (Å²) >= 11 is 11.9. The van der Waals surface area contributed by atoms with Gasteiger partial charge >= 0.3 is 6.03 Å². The first-order valence-corrected chi connectivity index (χ1v) is 8.42. The number of carbonyl (C=O) groups excluding carboxylic acids is 1. The van der Waals surface area contributed by atoms with E-state index in [-0.39, 0.29) is 6.03 Å². The van der Waals surface area contributed by atoms with Gasteiger partial charge in [-0.2, -0.15) is 0 Å². The molecule has 128 valence electrons. The van der Waals surface area contributed by atoms with Crippen LogP contribution in [0.15, 0.2) is 48.5 Å². The molecule has 0 aliphatic carbocycles. The third kappa shape index (κ3) is 5.95. The van der Waals surface area contributed by atoms with Gasteiger partial charge in [-0.3, -0.25) is 0 Å². The monoisotopic (exact) mass is 366 g/mol. The summed E-state index contributed by atoms with van der Waals surface area (Å²) in [7, 11) is 1.73. The van der Waals surface area contributed by atoms with Crippen LogP contribution in [-0.2, 0) is 6.42 Å². The molecule has 0 aliphatic heterocycles. The summed E-state index contributed by atoms with van der Waals surface area (Å²) in [6.45, 7) is 1.42. The van der Waals surface area contributed by atoms with Crippen molar-refractivity contribution in [2.45, 2.75) is 6.42 Å². The Kier molecular flexibility index (Phi) is 7.22. The lowest BCUT2D eigenvalue weighted by Gasteiger charge is -2.18. The Morgan fingerprint density at radius 2 is 1.83 bits per heavy atom. The van der Waals surface area contributed by atoms with Gasteiger partial charge in [0.25, 0.3) is 0 Å². The molecule has 2 aromatic carbocycles. The van der Waals surface area contributed by atoms with Crippen LogP contribution in [0.3, 0.4) is 0 Å². The van der Waals surface area contributed by atoms with Gasteiger partial charge in [-0.05, 0) is 36.2 Å². The maximum Gasteiger partial charge on any atom is 0.317 e. The average molecular weight is 367 g/mol. The summed E-state index contributed by atoms with van der Waals surface area (Å²) < 4.78 is 5.58. The van der Waals surface area contributed by atoms with Gasteiger partial charge < -0.3 is 15.0 Å². The lowest BCUT2D eigenvalue weighted by Crippen LogP contribution is -2.40. The number of carbonyl (C=O) groups is 1. The SMILES string of the molecule is CN(CCOc1ccccc1Cl)C(=O)NCCc1ccc(Cl)cc1. The Bertz CT molecular complexity index is 662. The molecule has 0 atom stereocenters. The van der Waals surface area contributed by atoms with Crippen molar-refractivity contribution in [3.63, 3.8) is 0 Å². The number of para-hydroxylation sites is 1. The second-order valence-corrected chi connectivity index (χ2v) is 6.15. The molecule has 0 saturated carbocycles. The first kappa shape index (κ1) is 18.4. The number of nitrogens with zero attached hydrogens (tertiary/aromatic N) is 1. The largest absolute Gasteiger partial charge is 0.490 e. The zero-order valence-electron chi connectivity index (χ0n) is 13.5. The van der Waals surface area contributed by atoms with E-state index in [0.717, 1.165) is 12.0 Å². The van der Waals surface area contributed by atoms with Crippen molar-refractivity contribution >= 4 is 29.2 Å². The van der Waals surface area contributed by atoms with Gasteiger partial charge in [0.15, 0.2) is 0 Å². The third-order valence-corrected chi connectivity index (χ3v) is 4.03. The molecule has 0 heterocycles. The standard InChI is InChI=1S/C18H20Cl2N2O2/c1-22(12-13-24-17-5-3-2-4-16(17)20)18(23)21-11-10-14-6-8-15(19)9-7-14/h2-9H,10-13H2,1H3,(H,21,23). The van der Waals surface area contributed by atoms with Crippen molar-refractivity contribution in [2.24, 2.45) is 0 Å². The highest BCUT2D eigenvalue weighted by Gasteiger charge is 2.08. The van der Waals surface area contributed by atoms with E-state index in [1.807, 2.05) is 36.4 Å². The van der Waals surface area contributed by atoms with E-state index in [4.69, 9.17) is 27.9 Å². The fraction of sp³-hybridized carbons (Fsp3) is 0.278. The van der Waals surface area contributed by atoms with Crippen molar-refractivity contribution in [2.75, 3.05) is 26.7 Å². The van der Waals surface area contributed by atoms with Crippen LogP contribution in [0.25, 0.3) is 0 Å². The number of halogens is 2. The Balaban J connectivity index is 1.66. The van der Waals surface area contributed by atoms with Crippen LogP contribution in [0.2, 0.25) is 10.0 Å². The zero-order chi connectivity index (χ0) is 17.4. The van der Waals surface area contributed by atoms with Crippen LogP contribution in [0.4, 0.5) is 4.79 Å². The van der Waals surface area contributed by atoms with Crippen molar-refractivity contribution in [1.29, 1.82) is 0 Å². The van der Waals surface area contributed by atoms with Gasteiger partial charge in [-0.15, -0.1) is 0 Å². The summed E-state index contributed by atoms with van der Waals surface area (Å²) in [5.41, 5.74) is 1.13. The molecule has 0 bridgehead atoms. The molecule has 2 aromatic rings. The first-order valence-electron chi connectivity index (χ1n) is 7.67. The molecule has 0 aliphatic rings. The normalized spacial score (nSPS) is 10.3. The fourth-order valence-electron chi connectivity index (χ4n) is 2.06. The molecule has 0 saturated heterocycles. The maximum absolute atomic E-state index is 12.0. The summed E-state index contributed by atoms with van der Waals surface area (Å²) in [5, 5.41) is 4.15. The molecular formula is C18H20Cl2N2O2. The number of ether oxygens (including phenoxy) is 1. The van der Waals surface area contributed by atoms with Crippen LogP contribution in [-0.4, -0.2) is 37.7 Å². The molecule has 0 unspecified atom stereocenters. The number of likely N-dealkylation sites (N-methyl/N-ethyl adjacent to an activating group) is 1. The predicted octanol–water partition coefficient (Wildman–Crippen LogP) is 4.26. The first-order chi connectivity index (χ1) is 11.6. The number of urea groups is 1. The van der Waals surface area contributed by atoms with Gasteiger partial charge in [-0.25, -0.2) is 4.79 Å². The highest BCUT2D eigenvalue weighted by molar-refractivity contribution is 6.32. The van der Waals surface area contributed by atoms with Gasteiger partial charge in [-0.1, -0.05) is 47.5 Å². The number of rotatable bonds is 7.